The van der Waals surface area contributed by atoms with Crippen LogP contribution in [0.2, 0.25) is 0 Å². The molecule has 4 aromatic rings. The third-order valence-corrected chi connectivity index (χ3v) is 5.91. The highest BCUT2D eigenvalue weighted by molar-refractivity contribution is 5.94. The van der Waals surface area contributed by atoms with Gasteiger partial charge in [0.2, 0.25) is 0 Å². The maximum Gasteiger partial charge on any atom is 0.251 e. The van der Waals surface area contributed by atoms with E-state index in [1.54, 1.807) is 0 Å². The van der Waals surface area contributed by atoms with E-state index in [-0.39, 0.29) is 5.91 Å². The number of aryl methyl sites for hydroxylation is 3. The second kappa shape index (κ2) is 12.0. The first kappa shape index (κ1) is 23.6. The molecule has 5 nitrogen and oxygen atoms in total. The summed E-state index contributed by atoms with van der Waals surface area (Å²) < 4.78 is 8.21. The highest BCUT2D eigenvalue weighted by atomic mass is 16.5. The van der Waals surface area contributed by atoms with Crippen LogP contribution in [0.5, 0.6) is 5.75 Å². The predicted molar refractivity (Wildman–Crippen MR) is 137 cm³/mol. The van der Waals surface area contributed by atoms with Crippen molar-refractivity contribution in [2.75, 3.05) is 13.2 Å². The number of imidazole rings is 1. The minimum Gasteiger partial charge on any atom is -0.494 e. The number of nitrogens with one attached hydrogen (secondary N) is 1. The van der Waals surface area contributed by atoms with Crippen LogP contribution in [0.25, 0.3) is 11.0 Å². The average Bonchev–Trinajstić information content (AvgIpc) is 3.21. The molecule has 176 valence electrons. The number of ether oxygens (including phenoxy) is 1. The fourth-order valence-corrected chi connectivity index (χ4v) is 4.17. The molecule has 1 N–H and O–H groups in total. The lowest BCUT2D eigenvalue weighted by molar-refractivity contribution is 0.0953. The Labute approximate surface area is 201 Å². The molecule has 0 saturated heterocycles. The van der Waals surface area contributed by atoms with Gasteiger partial charge in [0, 0.05) is 25.1 Å². The summed E-state index contributed by atoms with van der Waals surface area (Å²) in [5.41, 5.74) is 4.06. The molecule has 34 heavy (non-hydrogen) atoms. The number of amides is 1. The molecule has 1 amide bonds. The maximum atomic E-state index is 12.3. The molecule has 3 aromatic carbocycles. The molecule has 0 radical (unpaired) electrons. The van der Waals surface area contributed by atoms with Crippen molar-refractivity contribution in [1.29, 1.82) is 0 Å². The van der Waals surface area contributed by atoms with Gasteiger partial charge in [0.15, 0.2) is 0 Å². The molecular formula is C29H33N3O2. The number of benzene rings is 3. The van der Waals surface area contributed by atoms with Gasteiger partial charge in [-0.3, -0.25) is 4.79 Å². The Hall–Kier alpha value is -3.60. The van der Waals surface area contributed by atoms with Crippen molar-refractivity contribution in [1.82, 2.24) is 14.9 Å². The summed E-state index contributed by atoms with van der Waals surface area (Å²) in [6.45, 7) is 4.26. The number of carbonyl (C=O) groups excluding carboxylic acids is 1. The Morgan fingerprint density at radius 1 is 0.912 bits per heavy atom. The van der Waals surface area contributed by atoms with Crippen LogP contribution in [0, 0.1) is 6.92 Å². The van der Waals surface area contributed by atoms with Crippen LogP contribution >= 0.6 is 0 Å². The van der Waals surface area contributed by atoms with E-state index in [1.807, 2.05) is 67.6 Å². The standard InChI is InChI=1S/C29H33N3O2/c1-23-12-10-13-24(22-23)29(33)30-19-9-3-6-18-28-31-26-16-7-8-17-27(26)32(28)20-11-21-34-25-14-4-2-5-15-25/h2,4-5,7-8,10,12-17,22H,3,6,9,11,18-21H2,1H3,(H,30,33). The van der Waals surface area contributed by atoms with Crippen LogP contribution in [0.3, 0.4) is 0 Å². The molecule has 0 aliphatic carbocycles. The van der Waals surface area contributed by atoms with Gasteiger partial charge in [-0.25, -0.2) is 4.98 Å². The zero-order valence-electron chi connectivity index (χ0n) is 19.9. The summed E-state index contributed by atoms with van der Waals surface area (Å²) in [5.74, 6) is 2.04. The zero-order valence-corrected chi connectivity index (χ0v) is 19.9. The van der Waals surface area contributed by atoms with E-state index in [4.69, 9.17) is 9.72 Å². The highest BCUT2D eigenvalue weighted by Crippen LogP contribution is 2.19. The Morgan fingerprint density at radius 2 is 1.74 bits per heavy atom. The quantitative estimate of drug-likeness (QED) is 0.268. The number of fused-ring (bicyclic) bond motifs is 1. The number of hydrogen-bond donors (Lipinski definition) is 1. The highest BCUT2D eigenvalue weighted by Gasteiger charge is 2.10. The summed E-state index contributed by atoms with van der Waals surface area (Å²) in [6, 6.07) is 26.0. The maximum absolute atomic E-state index is 12.3. The van der Waals surface area contributed by atoms with E-state index in [1.165, 1.54) is 5.52 Å². The van der Waals surface area contributed by atoms with E-state index in [0.717, 1.165) is 66.9 Å². The Kier molecular flexibility index (Phi) is 8.33. The van der Waals surface area contributed by atoms with E-state index < -0.39 is 0 Å². The summed E-state index contributed by atoms with van der Waals surface area (Å²) in [6.07, 6.45) is 4.91. The first-order valence-corrected chi connectivity index (χ1v) is 12.2. The molecule has 4 rings (SSSR count). The number of hydrogen-bond acceptors (Lipinski definition) is 3. The second-order valence-electron chi connectivity index (χ2n) is 8.62. The summed E-state index contributed by atoms with van der Waals surface area (Å²) in [4.78, 5) is 17.2. The third-order valence-electron chi connectivity index (χ3n) is 5.91. The van der Waals surface area contributed by atoms with Gasteiger partial charge < -0.3 is 14.6 Å². The fraction of sp³-hybridized carbons (Fsp3) is 0.310. The number of nitrogens with zero attached hydrogens (tertiary/aromatic N) is 2. The molecule has 0 spiro atoms. The Balaban J connectivity index is 1.24. The van der Waals surface area contributed by atoms with Crippen LogP contribution in [-0.4, -0.2) is 28.6 Å². The van der Waals surface area contributed by atoms with Crippen molar-refractivity contribution in [2.24, 2.45) is 0 Å². The molecule has 1 heterocycles. The molecular weight excluding hydrogens is 422 g/mol. The van der Waals surface area contributed by atoms with Crippen molar-refractivity contribution in [3.8, 4) is 5.75 Å². The number of aromatic nitrogens is 2. The average molecular weight is 456 g/mol. The number of unbranched alkanes of at least 4 members (excludes halogenated alkanes) is 2. The van der Waals surface area contributed by atoms with Crippen LogP contribution in [0.1, 0.15) is 47.4 Å². The van der Waals surface area contributed by atoms with Crippen molar-refractivity contribution in [3.05, 3.63) is 95.8 Å². The molecule has 0 fully saturated rings. The van der Waals surface area contributed by atoms with Gasteiger partial charge >= 0.3 is 0 Å². The van der Waals surface area contributed by atoms with E-state index in [0.29, 0.717) is 13.2 Å². The van der Waals surface area contributed by atoms with E-state index in [9.17, 15) is 4.79 Å². The van der Waals surface area contributed by atoms with Crippen molar-refractivity contribution in [3.63, 3.8) is 0 Å². The predicted octanol–water partition coefficient (Wildman–Crippen LogP) is 5.96. The fourth-order valence-electron chi connectivity index (χ4n) is 4.17. The minimum absolute atomic E-state index is 0.00298. The number of carbonyl (C=O) groups is 1. The summed E-state index contributed by atoms with van der Waals surface area (Å²) >= 11 is 0. The topological polar surface area (TPSA) is 56.2 Å². The minimum atomic E-state index is 0.00298. The molecule has 0 saturated carbocycles. The number of para-hydroxylation sites is 3. The van der Waals surface area contributed by atoms with Gasteiger partial charge in [-0.05, 0) is 62.6 Å². The molecule has 0 aliphatic heterocycles. The molecule has 0 aliphatic rings. The van der Waals surface area contributed by atoms with Crippen molar-refractivity contribution < 1.29 is 9.53 Å². The van der Waals surface area contributed by atoms with Crippen LogP contribution < -0.4 is 10.1 Å². The van der Waals surface area contributed by atoms with Gasteiger partial charge in [0.25, 0.3) is 5.91 Å². The van der Waals surface area contributed by atoms with Crippen LogP contribution in [0.4, 0.5) is 0 Å². The lowest BCUT2D eigenvalue weighted by Gasteiger charge is -2.11. The first-order chi connectivity index (χ1) is 16.7. The molecule has 5 heteroatoms. The second-order valence-corrected chi connectivity index (χ2v) is 8.62. The SMILES string of the molecule is Cc1cccc(C(=O)NCCCCCc2nc3ccccc3n2CCCOc2ccccc2)c1. The molecule has 0 bridgehead atoms. The van der Waals surface area contributed by atoms with Crippen LogP contribution in [-0.2, 0) is 13.0 Å². The van der Waals surface area contributed by atoms with Gasteiger partial charge in [0.05, 0.1) is 17.6 Å². The van der Waals surface area contributed by atoms with Gasteiger partial charge in [0.1, 0.15) is 11.6 Å². The van der Waals surface area contributed by atoms with E-state index >= 15 is 0 Å². The van der Waals surface area contributed by atoms with Crippen molar-refractivity contribution in [2.45, 2.75) is 45.6 Å². The third kappa shape index (κ3) is 6.47. The monoisotopic (exact) mass is 455 g/mol. The van der Waals surface area contributed by atoms with Gasteiger partial charge in [-0.2, -0.15) is 0 Å². The lowest BCUT2D eigenvalue weighted by atomic mass is 10.1. The number of rotatable bonds is 12. The molecule has 1 aromatic heterocycles. The van der Waals surface area contributed by atoms with E-state index in [2.05, 4.69) is 28.1 Å². The molecule has 0 unspecified atom stereocenters. The Bertz CT molecular complexity index is 1200. The van der Waals surface area contributed by atoms with Gasteiger partial charge in [-0.15, -0.1) is 0 Å². The lowest BCUT2D eigenvalue weighted by Crippen LogP contribution is -2.24. The Morgan fingerprint density at radius 3 is 2.59 bits per heavy atom. The summed E-state index contributed by atoms with van der Waals surface area (Å²) in [7, 11) is 0. The smallest absolute Gasteiger partial charge is 0.251 e. The normalized spacial score (nSPS) is 11.0. The van der Waals surface area contributed by atoms with Crippen molar-refractivity contribution >= 4 is 16.9 Å². The zero-order chi connectivity index (χ0) is 23.6. The van der Waals surface area contributed by atoms with Crippen LogP contribution in [0.15, 0.2) is 78.9 Å². The first-order valence-electron chi connectivity index (χ1n) is 12.2. The van der Waals surface area contributed by atoms with Gasteiger partial charge in [-0.1, -0.05) is 54.4 Å². The molecule has 0 atom stereocenters. The largest absolute Gasteiger partial charge is 0.494 e. The summed E-state index contributed by atoms with van der Waals surface area (Å²) in [5, 5.41) is 3.03.